The second kappa shape index (κ2) is 7.02. The molecule has 1 atom stereocenters. The van der Waals surface area contributed by atoms with Crippen molar-refractivity contribution in [3.8, 4) is 0 Å². The summed E-state index contributed by atoms with van der Waals surface area (Å²) < 4.78 is 4.45. The molecule has 0 spiro atoms. The molecule has 3 heteroatoms. The van der Waals surface area contributed by atoms with E-state index < -0.39 is 6.29 Å². The van der Waals surface area contributed by atoms with E-state index in [4.69, 9.17) is 5.11 Å². The molecule has 0 saturated carbocycles. The first-order valence-corrected chi connectivity index (χ1v) is 2.02. The molecule has 2 nitrogen and oxygen atoms in total. The minimum atomic E-state index is -0.565. The minimum Gasteiger partial charge on any atom is -0.368 e. The molecule has 0 aliphatic rings. The van der Waals surface area contributed by atoms with Crippen molar-refractivity contribution in [3.63, 3.8) is 0 Å². The minimum absolute atomic E-state index is 0. The summed E-state index contributed by atoms with van der Waals surface area (Å²) >= 11 is 0. The van der Waals surface area contributed by atoms with Crippen molar-refractivity contribution in [3.05, 3.63) is 0 Å². The summed E-state index contributed by atoms with van der Waals surface area (Å²) in [6.07, 6.45) is 0.0984. The van der Waals surface area contributed by atoms with Gasteiger partial charge in [-0.3, -0.25) is 0 Å². The van der Waals surface area contributed by atoms with Crippen LogP contribution in [0.15, 0.2) is 0 Å². The third-order valence-corrected chi connectivity index (χ3v) is 0.621. The predicted octanol–water partition coefficient (Wildman–Crippen LogP) is 0.359. The molecule has 0 aromatic rings. The van der Waals surface area contributed by atoms with Crippen LogP contribution in [0.5, 0.6) is 0 Å². The predicted molar refractivity (Wildman–Crippen MR) is 23.3 cm³/mol. The molecule has 1 radical (unpaired) electrons. The molecule has 0 aromatic heterocycles. The van der Waals surface area contributed by atoms with E-state index in [0.29, 0.717) is 6.42 Å². The van der Waals surface area contributed by atoms with E-state index in [-0.39, 0.29) is 32.7 Å². The Morgan fingerprint density at radius 1 is 1.71 bits per heavy atom. The zero-order valence-electron chi connectivity index (χ0n) is 4.72. The Hall–Kier alpha value is 1.02. The molecule has 0 heterocycles. The molecule has 0 aromatic carbocycles. The van der Waals surface area contributed by atoms with Crippen molar-refractivity contribution < 1.29 is 42.6 Å². The Labute approximate surface area is 69.1 Å². The maximum atomic E-state index is 8.44. The average molecular weight is 179 g/mol. The van der Waals surface area contributed by atoms with E-state index in [0.717, 1.165) is 0 Å². The summed E-state index contributed by atoms with van der Waals surface area (Å²) in [6, 6.07) is 0. The third kappa shape index (κ3) is 7.02. The van der Waals surface area contributed by atoms with Crippen molar-refractivity contribution in [1.82, 2.24) is 0 Å². The topological polar surface area (TPSA) is 29.5 Å². The van der Waals surface area contributed by atoms with Crippen LogP contribution in [-0.4, -0.2) is 18.5 Å². The van der Waals surface area contributed by atoms with Gasteiger partial charge < -0.3 is 9.84 Å². The summed E-state index contributed by atoms with van der Waals surface area (Å²) in [7, 11) is 1.48. The van der Waals surface area contributed by atoms with Crippen LogP contribution < -0.4 is 0 Å². The first-order chi connectivity index (χ1) is 2.81. The van der Waals surface area contributed by atoms with Crippen LogP contribution in [0.3, 0.4) is 0 Å². The fourth-order valence-corrected chi connectivity index (χ4v) is 0.167. The Kier molecular flexibility index (Phi) is 10.9. The van der Waals surface area contributed by atoms with Crippen LogP contribution in [0.25, 0.3) is 0 Å². The van der Waals surface area contributed by atoms with Crippen LogP contribution in [0, 0.1) is 0 Å². The van der Waals surface area contributed by atoms with Crippen LogP contribution in [0.1, 0.15) is 13.3 Å². The number of hydrogen-bond acceptors (Lipinski definition) is 2. The molecular weight excluding hydrogens is 169 g/mol. The van der Waals surface area contributed by atoms with E-state index in [9.17, 15) is 0 Å². The molecule has 0 bridgehead atoms. The molecule has 0 amide bonds. The molecular formula is C4H10O2Y. The van der Waals surface area contributed by atoms with Gasteiger partial charge in [-0.05, 0) is 6.42 Å². The van der Waals surface area contributed by atoms with Gasteiger partial charge in [0.05, 0.1) is 0 Å². The van der Waals surface area contributed by atoms with Gasteiger partial charge in [0.2, 0.25) is 0 Å². The third-order valence-electron chi connectivity index (χ3n) is 0.621. The Morgan fingerprint density at radius 2 is 2.14 bits per heavy atom. The standard InChI is InChI=1S/C4H10O2.Y/c1-3-4(5)6-2;/h4-5H,3H2,1-2H3;. The van der Waals surface area contributed by atoms with Crippen molar-refractivity contribution in [2.45, 2.75) is 19.6 Å². The monoisotopic (exact) mass is 179 g/mol. The summed E-state index contributed by atoms with van der Waals surface area (Å²) in [5, 5.41) is 8.44. The van der Waals surface area contributed by atoms with Crippen molar-refractivity contribution >= 4 is 0 Å². The van der Waals surface area contributed by atoms with Gasteiger partial charge in [-0.1, -0.05) is 6.92 Å². The van der Waals surface area contributed by atoms with E-state index in [2.05, 4.69) is 4.74 Å². The second-order valence-electron chi connectivity index (χ2n) is 1.10. The Morgan fingerprint density at radius 3 is 2.14 bits per heavy atom. The van der Waals surface area contributed by atoms with Gasteiger partial charge in [0.15, 0.2) is 6.29 Å². The maximum Gasteiger partial charge on any atom is 0.153 e. The molecule has 0 aliphatic carbocycles. The van der Waals surface area contributed by atoms with E-state index in [1.807, 2.05) is 6.92 Å². The zero-order valence-corrected chi connectivity index (χ0v) is 7.56. The van der Waals surface area contributed by atoms with Crippen molar-refractivity contribution in [2.75, 3.05) is 7.11 Å². The maximum absolute atomic E-state index is 8.44. The van der Waals surface area contributed by atoms with Gasteiger partial charge in [-0.2, -0.15) is 0 Å². The first kappa shape index (κ1) is 10.9. The fraction of sp³-hybridized carbons (Fsp3) is 1.00. The number of rotatable bonds is 2. The molecule has 1 N–H and O–H groups in total. The normalized spacial score (nSPS) is 12.4. The average Bonchev–Trinajstić information content (AvgIpc) is 1.65. The van der Waals surface area contributed by atoms with Gasteiger partial charge in [0.25, 0.3) is 0 Å². The quantitative estimate of drug-likeness (QED) is 0.620. The van der Waals surface area contributed by atoms with Crippen LogP contribution >= 0.6 is 0 Å². The summed E-state index contributed by atoms with van der Waals surface area (Å²) in [5.74, 6) is 0. The molecule has 0 rings (SSSR count). The SMILES string of the molecule is CCC(O)OC.[Y]. The van der Waals surface area contributed by atoms with Crippen molar-refractivity contribution in [2.24, 2.45) is 0 Å². The molecule has 41 valence electrons. The van der Waals surface area contributed by atoms with E-state index in [1.54, 1.807) is 0 Å². The van der Waals surface area contributed by atoms with Gasteiger partial charge in [-0.25, -0.2) is 0 Å². The fourth-order valence-electron chi connectivity index (χ4n) is 0.167. The smallest absolute Gasteiger partial charge is 0.153 e. The number of ether oxygens (including phenoxy) is 1. The molecule has 0 aliphatic heterocycles. The Balaban J connectivity index is 0. The summed E-state index contributed by atoms with van der Waals surface area (Å²) in [6.45, 7) is 1.86. The van der Waals surface area contributed by atoms with Crippen LogP contribution in [0.4, 0.5) is 0 Å². The number of methoxy groups -OCH3 is 1. The number of hydrogen-bond donors (Lipinski definition) is 1. The van der Waals surface area contributed by atoms with Gasteiger partial charge >= 0.3 is 0 Å². The molecule has 1 unspecified atom stereocenters. The van der Waals surface area contributed by atoms with Gasteiger partial charge in [0, 0.05) is 39.8 Å². The summed E-state index contributed by atoms with van der Waals surface area (Å²) in [5.41, 5.74) is 0. The van der Waals surface area contributed by atoms with Gasteiger partial charge in [0.1, 0.15) is 0 Å². The van der Waals surface area contributed by atoms with Crippen molar-refractivity contribution in [1.29, 1.82) is 0 Å². The Bertz CT molecular complexity index is 28.9. The van der Waals surface area contributed by atoms with Crippen LogP contribution in [-0.2, 0) is 37.4 Å². The van der Waals surface area contributed by atoms with E-state index in [1.165, 1.54) is 7.11 Å². The number of aliphatic hydroxyl groups excluding tert-OH is 1. The zero-order chi connectivity index (χ0) is 4.99. The number of aliphatic hydroxyl groups is 1. The molecule has 7 heavy (non-hydrogen) atoms. The first-order valence-electron chi connectivity index (χ1n) is 2.02. The summed E-state index contributed by atoms with van der Waals surface area (Å²) in [4.78, 5) is 0. The molecule has 0 fully saturated rings. The second-order valence-corrected chi connectivity index (χ2v) is 1.10. The van der Waals surface area contributed by atoms with Gasteiger partial charge in [-0.15, -0.1) is 0 Å². The largest absolute Gasteiger partial charge is 0.368 e. The van der Waals surface area contributed by atoms with E-state index >= 15 is 0 Å². The molecule has 0 saturated heterocycles. The van der Waals surface area contributed by atoms with Crippen LogP contribution in [0.2, 0.25) is 0 Å².